The normalized spacial score (nSPS) is 0. The fourth-order valence-corrected chi connectivity index (χ4v) is 0. The SMILES string of the molecule is [Al].[Ga].[In].[P].[Tl]. The van der Waals surface area contributed by atoms with E-state index in [0.29, 0.717) is 0 Å². The van der Waals surface area contributed by atoms with Crippen LogP contribution < -0.4 is 0 Å². The van der Waals surface area contributed by atoms with Crippen LogP contribution in [0.3, 0.4) is 0 Å². The summed E-state index contributed by atoms with van der Waals surface area (Å²) in [5, 5.41) is 0. The van der Waals surface area contributed by atoms with E-state index in [1.807, 2.05) is 0 Å². The predicted octanol–water partition coefficient (Wildman–Crippen LogP) is -0.662. The second kappa shape index (κ2) is 26.3. The van der Waals surface area contributed by atoms with E-state index in [1.165, 1.54) is 0 Å². The van der Waals surface area contributed by atoms with E-state index in [-0.39, 0.29) is 100 Å². The van der Waals surface area contributed by atoms with E-state index in [2.05, 4.69) is 0 Å². The van der Waals surface area contributed by atoms with Crippen LogP contribution in [-0.2, 0) is 0 Å². The molecule has 0 atom stereocenters. The van der Waals surface area contributed by atoms with E-state index < -0.39 is 0 Å². The minimum absolute atomic E-state index is 0. The molecule has 5 heteroatoms. The van der Waals surface area contributed by atoms with E-state index in [9.17, 15) is 0 Å². The topological polar surface area (TPSA) is 0 Å². The first-order valence-electron chi connectivity index (χ1n) is 0. The van der Waals surface area contributed by atoms with Crippen LogP contribution >= 0.6 is 9.90 Å². The predicted molar refractivity (Wildman–Crippen MR) is 29.9 cm³/mol. The maximum Gasteiger partial charge on any atom is 0 e. The summed E-state index contributed by atoms with van der Waals surface area (Å²) in [7, 11) is 0. The van der Waals surface area contributed by atoms with Gasteiger partial charge in [-0.05, 0) is 0 Å². The molecule has 0 rings (SSSR count). The first-order chi connectivity index (χ1) is 0. The van der Waals surface area contributed by atoms with E-state index in [1.54, 1.807) is 0 Å². The van der Waals surface area contributed by atoms with Gasteiger partial charge in [0.2, 0.25) is 0 Å². The summed E-state index contributed by atoms with van der Waals surface area (Å²) in [6, 6.07) is 0. The zero-order chi connectivity index (χ0) is 0. The Balaban J connectivity index is 0. The Morgan fingerprint density at radius 3 is 1.00 bits per heavy atom. The molecule has 5 heavy (non-hydrogen) atoms. The number of rotatable bonds is 0. The van der Waals surface area contributed by atoms with Gasteiger partial charge >= 0.3 is 0 Å². The molecule has 0 amide bonds. The Morgan fingerprint density at radius 2 is 1.00 bits per heavy atom. The summed E-state index contributed by atoms with van der Waals surface area (Å²) < 4.78 is 0. The Kier molecular flexibility index (Phi) is 209. The molecule has 13 radical (unpaired) electrons. The molecule has 0 fully saturated rings. The molecule has 0 heterocycles. The Morgan fingerprint density at radius 1 is 1.00 bits per heavy atom. The molecule has 0 aromatic carbocycles. The van der Waals surface area contributed by atoms with Crippen molar-refractivity contribution in [3.8, 4) is 0 Å². The molecule has 0 aromatic rings. The third-order valence-electron chi connectivity index (χ3n) is 0. The zero-order valence-corrected chi connectivity index (χ0v) is 15.0. The molecule has 0 saturated carbocycles. The maximum absolute atomic E-state index is 0. The van der Waals surface area contributed by atoms with Crippen molar-refractivity contribution in [2.45, 2.75) is 0 Å². The zero-order valence-electron chi connectivity index (χ0n) is 2.76. The monoisotopic (exact) mass is 447 g/mol. The Bertz CT molecular complexity index is 11.6. The first kappa shape index (κ1) is 39.9. The molecule has 0 aliphatic heterocycles. The van der Waals surface area contributed by atoms with Crippen molar-refractivity contribution < 1.29 is 0 Å². The molecule has 0 nitrogen and oxygen atoms in total. The molecule has 0 aromatic heterocycles. The largest absolute Gasteiger partial charge is 0 e. The van der Waals surface area contributed by atoms with Gasteiger partial charge in [-0.3, -0.25) is 0 Å². The minimum Gasteiger partial charge on any atom is 0 e. The molecule has 0 N–H and O–H groups in total. The van der Waals surface area contributed by atoms with Crippen LogP contribution in [0, 0.1) is 0 Å². The number of hydrogen-bond donors (Lipinski definition) is 0. The van der Waals surface area contributed by atoms with Gasteiger partial charge < -0.3 is 0 Å². The van der Waals surface area contributed by atoms with Gasteiger partial charge in [0.1, 0.15) is 0 Å². The van der Waals surface area contributed by atoms with Gasteiger partial charge in [0, 0.05) is 100 Å². The van der Waals surface area contributed by atoms with Crippen LogP contribution in [0.2, 0.25) is 0 Å². The average Bonchev–Trinajstić information content (AvgIpc) is 0. The van der Waals surface area contributed by atoms with Crippen LogP contribution in [0.4, 0.5) is 0 Å². The van der Waals surface area contributed by atoms with Crippen LogP contribution in [-0.4, -0.2) is 90.3 Å². The quantitative estimate of drug-likeness (QED) is 0.342. The second-order valence-corrected chi connectivity index (χ2v) is 0. The molecule has 0 saturated heterocycles. The number of hydrogen-bond acceptors (Lipinski definition) is 0. The van der Waals surface area contributed by atoms with E-state index in [4.69, 9.17) is 0 Å². The van der Waals surface area contributed by atoms with Gasteiger partial charge in [0.05, 0.1) is 0 Å². The van der Waals surface area contributed by atoms with Gasteiger partial charge in [-0.15, -0.1) is 0 Å². The summed E-state index contributed by atoms with van der Waals surface area (Å²) in [6.07, 6.45) is 0. The minimum atomic E-state index is 0. The first-order valence-corrected chi connectivity index (χ1v) is 0. The van der Waals surface area contributed by atoms with Crippen molar-refractivity contribution in [3.63, 3.8) is 0 Å². The van der Waals surface area contributed by atoms with Crippen molar-refractivity contribution >= 4 is 100 Å². The van der Waals surface area contributed by atoms with Gasteiger partial charge in [0.25, 0.3) is 0 Å². The molecular formula is AlGaInPTl. The standard InChI is InChI=1S/Al.Ga.In.P.Tl. The third-order valence-corrected chi connectivity index (χ3v) is 0. The fourth-order valence-electron chi connectivity index (χ4n) is 0. The molecule has 0 spiro atoms. The Hall–Kier alpha value is 3.39. The fraction of sp³-hybridized carbons (Fsp3) is 0. The van der Waals surface area contributed by atoms with Crippen molar-refractivity contribution in [3.05, 3.63) is 0 Å². The molecular weight excluding hydrogens is 447 g/mol. The average molecular weight is 447 g/mol. The van der Waals surface area contributed by atoms with Crippen LogP contribution in [0.15, 0.2) is 0 Å². The third kappa shape index (κ3) is 18.7. The van der Waals surface area contributed by atoms with Crippen LogP contribution in [0.5, 0.6) is 0 Å². The molecule has 0 aliphatic rings. The summed E-state index contributed by atoms with van der Waals surface area (Å²) in [6.45, 7) is 0. The van der Waals surface area contributed by atoms with Gasteiger partial charge in [-0.1, -0.05) is 0 Å². The summed E-state index contributed by atoms with van der Waals surface area (Å²) in [4.78, 5) is 0. The molecule has 0 aliphatic carbocycles. The molecule has 0 bridgehead atoms. The van der Waals surface area contributed by atoms with Crippen molar-refractivity contribution in [2.24, 2.45) is 0 Å². The smallest absolute Gasteiger partial charge is 0 e. The summed E-state index contributed by atoms with van der Waals surface area (Å²) in [5.41, 5.74) is 0. The maximum atomic E-state index is 0. The summed E-state index contributed by atoms with van der Waals surface area (Å²) in [5.74, 6) is 0. The second-order valence-electron chi connectivity index (χ2n) is 0. The van der Waals surface area contributed by atoms with Gasteiger partial charge in [-0.2, -0.15) is 0 Å². The van der Waals surface area contributed by atoms with Crippen LogP contribution in [0.25, 0.3) is 0 Å². The molecule has 0 unspecified atom stereocenters. The van der Waals surface area contributed by atoms with E-state index in [0.717, 1.165) is 0 Å². The summed E-state index contributed by atoms with van der Waals surface area (Å²) >= 11 is 0. The van der Waals surface area contributed by atoms with Crippen molar-refractivity contribution in [2.75, 3.05) is 0 Å². The van der Waals surface area contributed by atoms with E-state index >= 15 is 0 Å². The van der Waals surface area contributed by atoms with Gasteiger partial charge in [0.15, 0.2) is 0 Å². The van der Waals surface area contributed by atoms with Crippen molar-refractivity contribution in [1.29, 1.82) is 0 Å². The Labute approximate surface area is 98.4 Å². The van der Waals surface area contributed by atoms with Gasteiger partial charge in [-0.25, -0.2) is 0 Å². The molecule has 17 valence electrons. The van der Waals surface area contributed by atoms with Crippen LogP contribution in [0.1, 0.15) is 0 Å². The van der Waals surface area contributed by atoms with Crippen molar-refractivity contribution in [1.82, 2.24) is 0 Å².